The normalized spacial score (nSPS) is 16.4. The van der Waals surface area contributed by atoms with Crippen molar-refractivity contribution in [3.05, 3.63) is 29.1 Å². The first-order valence-corrected chi connectivity index (χ1v) is 5.24. The van der Waals surface area contributed by atoms with Crippen molar-refractivity contribution in [2.24, 2.45) is 0 Å². The molecule has 0 saturated heterocycles. The fraction of sp³-hybridized carbons (Fsp3) is 0.500. The van der Waals surface area contributed by atoms with Gasteiger partial charge in [-0.3, -0.25) is 0 Å². The maximum Gasteiger partial charge on any atom is 0.146 e. The minimum Gasteiger partial charge on any atom is -0.396 e. The van der Waals surface area contributed by atoms with E-state index in [2.05, 4.69) is 0 Å². The van der Waals surface area contributed by atoms with Gasteiger partial charge < -0.3 is 5.73 Å². The molecule has 0 unspecified atom stereocenters. The van der Waals surface area contributed by atoms with Crippen LogP contribution in [0.5, 0.6) is 0 Å². The largest absolute Gasteiger partial charge is 0.396 e. The Morgan fingerprint density at radius 2 is 1.87 bits per heavy atom. The molecule has 1 aliphatic carbocycles. The van der Waals surface area contributed by atoms with Gasteiger partial charge in [-0.05, 0) is 48.9 Å². The molecule has 2 N–H and O–H groups in total. The van der Waals surface area contributed by atoms with Crippen LogP contribution >= 0.6 is 12.4 Å². The Balaban J connectivity index is 0.00000112. The van der Waals surface area contributed by atoms with Gasteiger partial charge in [0, 0.05) is 0 Å². The highest BCUT2D eigenvalue weighted by Crippen LogP contribution is 2.36. The number of hydrogen-bond acceptors (Lipinski definition) is 1. The fourth-order valence-corrected chi connectivity index (χ4v) is 2.40. The maximum absolute atomic E-state index is 13.3. The Morgan fingerprint density at radius 3 is 2.47 bits per heavy atom. The van der Waals surface area contributed by atoms with Gasteiger partial charge in [-0.1, -0.05) is 12.8 Å². The van der Waals surface area contributed by atoms with Crippen LogP contribution in [0.2, 0.25) is 0 Å². The van der Waals surface area contributed by atoms with E-state index < -0.39 is 0 Å². The Bertz CT molecular complexity index is 346. The van der Waals surface area contributed by atoms with E-state index in [1.165, 1.54) is 25.7 Å². The van der Waals surface area contributed by atoms with Crippen LogP contribution in [0.25, 0.3) is 0 Å². The third-order valence-corrected chi connectivity index (χ3v) is 3.18. The minimum absolute atomic E-state index is 0. The molecule has 0 radical (unpaired) electrons. The number of aryl methyl sites for hydroxylation is 1. The molecule has 0 aromatic heterocycles. The van der Waals surface area contributed by atoms with Gasteiger partial charge in [-0.25, -0.2) is 4.39 Å². The first-order valence-electron chi connectivity index (χ1n) is 5.24. The summed E-state index contributed by atoms with van der Waals surface area (Å²) in [6.07, 6.45) is 4.95. The maximum atomic E-state index is 13.3. The summed E-state index contributed by atoms with van der Waals surface area (Å²) in [5.74, 6) is 0.294. The Labute approximate surface area is 96.3 Å². The molecule has 0 atom stereocenters. The summed E-state index contributed by atoms with van der Waals surface area (Å²) in [7, 11) is 0. The van der Waals surface area contributed by atoms with Crippen LogP contribution in [0.1, 0.15) is 42.7 Å². The highest BCUT2D eigenvalue weighted by molar-refractivity contribution is 5.85. The average Bonchev–Trinajstić information content (AvgIpc) is 2.64. The van der Waals surface area contributed by atoms with Crippen molar-refractivity contribution in [3.63, 3.8) is 0 Å². The van der Waals surface area contributed by atoms with E-state index >= 15 is 0 Å². The summed E-state index contributed by atoms with van der Waals surface area (Å²) >= 11 is 0. The molecular weight excluding hydrogens is 213 g/mol. The SMILES string of the molecule is Cc1cc(N)c(F)cc1C1CCCC1.Cl. The first kappa shape index (κ1) is 12.3. The van der Waals surface area contributed by atoms with Gasteiger partial charge >= 0.3 is 0 Å². The molecule has 1 aliphatic rings. The van der Waals surface area contributed by atoms with E-state index in [0.717, 1.165) is 11.1 Å². The molecule has 1 nitrogen and oxygen atoms in total. The molecule has 0 bridgehead atoms. The van der Waals surface area contributed by atoms with Crippen LogP contribution < -0.4 is 5.73 Å². The smallest absolute Gasteiger partial charge is 0.146 e. The van der Waals surface area contributed by atoms with Crippen LogP contribution in [0.4, 0.5) is 10.1 Å². The van der Waals surface area contributed by atoms with Crippen molar-refractivity contribution in [1.82, 2.24) is 0 Å². The van der Waals surface area contributed by atoms with Crippen LogP contribution in [0.3, 0.4) is 0 Å². The van der Waals surface area contributed by atoms with E-state index in [-0.39, 0.29) is 23.9 Å². The molecule has 1 aromatic carbocycles. The molecule has 84 valence electrons. The molecule has 2 rings (SSSR count). The van der Waals surface area contributed by atoms with E-state index in [9.17, 15) is 4.39 Å². The molecule has 0 spiro atoms. The van der Waals surface area contributed by atoms with E-state index in [4.69, 9.17) is 5.73 Å². The molecule has 0 amide bonds. The summed E-state index contributed by atoms with van der Waals surface area (Å²) in [4.78, 5) is 0. The molecule has 1 fully saturated rings. The second-order valence-electron chi connectivity index (χ2n) is 4.21. The summed E-state index contributed by atoms with van der Waals surface area (Å²) in [5, 5.41) is 0. The molecule has 0 aliphatic heterocycles. The lowest BCUT2D eigenvalue weighted by molar-refractivity contribution is 0.622. The van der Waals surface area contributed by atoms with Crippen LogP contribution in [0, 0.1) is 12.7 Å². The fourth-order valence-electron chi connectivity index (χ4n) is 2.40. The number of rotatable bonds is 1. The summed E-state index contributed by atoms with van der Waals surface area (Å²) in [6, 6.07) is 3.38. The lowest BCUT2D eigenvalue weighted by Gasteiger charge is -2.13. The number of halogens is 2. The Hall–Kier alpha value is -0.760. The van der Waals surface area contributed by atoms with Crippen molar-refractivity contribution < 1.29 is 4.39 Å². The zero-order valence-corrected chi connectivity index (χ0v) is 9.74. The molecule has 0 heterocycles. The summed E-state index contributed by atoms with van der Waals surface area (Å²) < 4.78 is 13.3. The number of benzene rings is 1. The van der Waals surface area contributed by atoms with Crippen LogP contribution in [-0.2, 0) is 0 Å². The van der Waals surface area contributed by atoms with Crippen molar-refractivity contribution in [2.75, 3.05) is 5.73 Å². The van der Waals surface area contributed by atoms with E-state index in [1.807, 2.05) is 6.92 Å². The van der Waals surface area contributed by atoms with Gasteiger partial charge in [-0.15, -0.1) is 12.4 Å². The van der Waals surface area contributed by atoms with Gasteiger partial charge in [0.05, 0.1) is 5.69 Å². The van der Waals surface area contributed by atoms with Gasteiger partial charge in [0.25, 0.3) is 0 Å². The van der Waals surface area contributed by atoms with Gasteiger partial charge in [-0.2, -0.15) is 0 Å². The second-order valence-corrected chi connectivity index (χ2v) is 4.21. The van der Waals surface area contributed by atoms with Crippen molar-refractivity contribution in [3.8, 4) is 0 Å². The van der Waals surface area contributed by atoms with Crippen LogP contribution in [0.15, 0.2) is 12.1 Å². The Kier molecular flexibility index (Phi) is 3.97. The zero-order valence-electron chi connectivity index (χ0n) is 8.92. The predicted molar refractivity (Wildman–Crippen MR) is 64.0 cm³/mol. The quantitative estimate of drug-likeness (QED) is 0.729. The minimum atomic E-state index is -0.266. The number of nitrogens with two attached hydrogens (primary N) is 1. The van der Waals surface area contributed by atoms with E-state index in [0.29, 0.717) is 5.92 Å². The van der Waals surface area contributed by atoms with Gasteiger partial charge in [0.15, 0.2) is 0 Å². The highest BCUT2D eigenvalue weighted by Gasteiger charge is 2.19. The highest BCUT2D eigenvalue weighted by atomic mass is 35.5. The molecule has 15 heavy (non-hydrogen) atoms. The van der Waals surface area contributed by atoms with Crippen molar-refractivity contribution >= 4 is 18.1 Å². The second kappa shape index (κ2) is 4.84. The molecule has 1 aromatic rings. The van der Waals surface area contributed by atoms with Crippen molar-refractivity contribution in [2.45, 2.75) is 38.5 Å². The first-order chi connectivity index (χ1) is 6.68. The molecular formula is C12H17ClFN. The number of hydrogen-bond donors (Lipinski definition) is 1. The monoisotopic (exact) mass is 229 g/mol. The lowest BCUT2D eigenvalue weighted by atomic mass is 9.93. The summed E-state index contributed by atoms with van der Waals surface area (Å²) in [5.41, 5.74) is 8.08. The summed E-state index contributed by atoms with van der Waals surface area (Å²) in [6.45, 7) is 2.02. The standard InChI is InChI=1S/C12H16FN.ClH/c1-8-6-12(14)11(13)7-10(8)9-4-2-3-5-9;/h6-7,9H,2-5,14H2,1H3;1H. The number of anilines is 1. The number of nitrogen functional groups attached to an aromatic ring is 1. The van der Waals surface area contributed by atoms with E-state index in [1.54, 1.807) is 12.1 Å². The topological polar surface area (TPSA) is 26.0 Å². The molecule has 3 heteroatoms. The van der Waals surface area contributed by atoms with Crippen molar-refractivity contribution in [1.29, 1.82) is 0 Å². The van der Waals surface area contributed by atoms with Crippen LogP contribution in [-0.4, -0.2) is 0 Å². The third kappa shape index (κ3) is 2.43. The third-order valence-electron chi connectivity index (χ3n) is 3.18. The van der Waals surface area contributed by atoms with Gasteiger partial charge in [0.1, 0.15) is 5.82 Å². The lowest BCUT2D eigenvalue weighted by Crippen LogP contribution is -2.00. The predicted octanol–water partition coefficient (Wildman–Crippen LogP) is 3.80. The zero-order chi connectivity index (χ0) is 10.1. The van der Waals surface area contributed by atoms with Gasteiger partial charge in [0.2, 0.25) is 0 Å². The average molecular weight is 230 g/mol. The molecule has 1 saturated carbocycles. The Morgan fingerprint density at radius 1 is 1.27 bits per heavy atom.